The molecule has 0 atom stereocenters. The molecule has 2 aromatic rings. The monoisotopic (exact) mass is 150 g/mol. The van der Waals surface area contributed by atoms with E-state index in [-0.39, 0.29) is 5.88 Å². The predicted molar refractivity (Wildman–Crippen MR) is 38.0 cm³/mol. The quantitative estimate of drug-likeness (QED) is 0.645. The van der Waals surface area contributed by atoms with Gasteiger partial charge in [-0.15, -0.1) is 0 Å². The molecule has 0 saturated carbocycles. The molecule has 4 nitrogen and oxygen atoms in total. The molecule has 2 heterocycles. The summed E-state index contributed by atoms with van der Waals surface area (Å²) < 4.78 is 4.84. The Morgan fingerprint density at radius 1 is 1.55 bits per heavy atom. The molecule has 2 aromatic heterocycles. The van der Waals surface area contributed by atoms with Crippen LogP contribution in [0.3, 0.4) is 0 Å². The molecule has 0 bridgehead atoms. The van der Waals surface area contributed by atoms with Gasteiger partial charge in [0.05, 0.1) is 18.0 Å². The zero-order chi connectivity index (χ0) is 7.68. The second-order valence-corrected chi connectivity index (χ2v) is 2.13. The Hall–Kier alpha value is -1.71. The number of rotatable bonds is 1. The third kappa shape index (κ3) is 0.980. The average molecular weight is 150 g/mol. The second-order valence-electron chi connectivity index (χ2n) is 2.13. The highest BCUT2D eigenvalue weighted by Crippen LogP contribution is 2.17. The van der Waals surface area contributed by atoms with E-state index in [1.165, 1.54) is 6.20 Å². The zero-order valence-electron chi connectivity index (χ0n) is 5.61. The van der Waals surface area contributed by atoms with Crippen LogP contribution in [0.1, 0.15) is 0 Å². The Morgan fingerprint density at radius 2 is 2.45 bits per heavy atom. The standard InChI is InChI=1S/C7H6N2O2/c10-6-3-8-7(9-6)5-1-2-11-4-5/h1-4,10H,(H,8,9). The minimum Gasteiger partial charge on any atom is -0.493 e. The smallest absolute Gasteiger partial charge is 0.208 e. The van der Waals surface area contributed by atoms with Crippen molar-refractivity contribution >= 4 is 0 Å². The maximum atomic E-state index is 8.90. The maximum Gasteiger partial charge on any atom is 0.208 e. The number of aromatic nitrogens is 2. The molecule has 0 aromatic carbocycles. The number of H-pyrrole nitrogens is 1. The summed E-state index contributed by atoms with van der Waals surface area (Å²) in [6.07, 6.45) is 4.45. The molecule has 0 amide bonds. The molecule has 0 unspecified atom stereocenters. The van der Waals surface area contributed by atoms with Crippen molar-refractivity contribution < 1.29 is 9.52 Å². The van der Waals surface area contributed by atoms with Crippen molar-refractivity contribution in [3.8, 4) is 17.3 Å². The van der Waals surface area contributed by atoms with Gasteiger partial charge < -0.3 is 14.5 Å². The Labute approximate surface area is 62.5 Å². The van der Waals surface area contributed by atoms with Crippen LogP contribution in [0.5, 0.6) is 5.88 Å². The summed E-state index contributed by atoms with van der Waals surface area (Å²) in [6, 6.07) is 1.76. The fourth-order valence-electron chi connectivity index (χ4n) is 0.857. The van der Waals surface area contributed by atoms with Gasteiger partial charge in [0.15, 0.2) is 0 Å². The number of aromatic hydroxyl groups is 1. The summed E-state index contributed by atoms with van der Waals surface area (Å²) in [4.78, 5) is 6.56. The first-order valence-electron chi connectivity index (χ1n) is 3.13. The van der Waals surface area contributed by atoms with Gasteiger partial charge in [-0.3, -0.25) is 0 Å². The van der Waals surface area contributed by atoms with Crippen molar-refractivity contribution in [2.45, 2.75) is 0 Å². The van der Waals surface area contributed by atoms with Crippen molar-refractivity contribution in [2.24, 2.45) is 0 Å². The van der Waals surface area contributed by atoms with E-state index in [0.29, 0.717) is 5.82 Å². The van der Waals surface area contributed by atoms with E-state index in [9.17, 15) is 0 Å². The van der Waals surface area contributed by atoms with Crippen LogP contribution < -0.4 is 0 Å². The van der Waals surface area contributed by atoms with Gasteiger partial charge in [0, 0.05) is 0 Å². The molecular weight excluding hydrogens is 144 g/mol. The number of hydrogen-bond acceptors (Lipinski definition) is 3. The van der Waals surface area contributed by atoms with Crippen LogP contribution in [-0.4, -0.2) is 15.1 Å². The van der Waals surface area contributed by atoms with Crippen LogP contribution in [0.2, 0.25) is 0 Å². The SMILES string of the molecule is Oc1cnc(-c2ccoc2)[nH]1. The number of aromatic amines is 1. The lowest BCUT2D eigenvalue weighted by Gasteiger charge is -1.85. The van der Waals surface area contributed by atoms with Crippen LogP contribution in [0.15, 0.2) is 29.2 Å². The second kappa shape index (κ2) is 2.16. The Kier molecular flexibility index (Phi) is 1.18. The van der Waals surface area contributed by atoms with Crippen molar-refractivity contribution in [1.29, 1.82) is 0 Å². The van der Waals surface area contributed by atoms with Gasteiger partial charge in [-0.05, 0) is 6.07 Å². The van der Waals surface area contributed by atoms with Crippen LogP contribution in [0, 0.1) is 0 Å². The lowest BCUT2D eigenvalue weighted by atomic mass is 10.3. The molecule has 0 saturated heterocycles. The number of nitrogens with one attached hydrogen (secondary N) is 1. The van der Waals surface area contributed by atoms with Crippen LogP contribution in [-0.2, 0) is 0 Å². The fourth-order valence-corrected chi connectivity index (χ4v) is 0.857. The lowest BCUT2D eigenvalue weighted by Crippen LogP contribution is -1.73. The average Bonchev–Trinajstić information content (AvgIpc) is 2.55. The first-order valence-corrected chi connectivity index (χ1v) is 3.13. The van der Waals surface area contributed by atoms with E-state index in [2.05, 4.69) is 9.97 Å². The van der Waals surface area contributed by atoms with Gasteiger partial charge in [-0.25, -0.2) is 4.98 Å². The molecule has 0 radical (unpaired) electrons. The van der Waals surface area contributed by atoms with Crippen LogP contribution in [0.4, 0.5) is 0 Å². The van der Waals surface area contributed by atoms with E-state index in [4.69, 9.17) is 9.52 Å². The maximum absolute atomic E-state index is 8.90. The van der Waals surface area contributed by atoms with Crippen molar-refractivity contribution in [3.05, 3.63) is 24.8 Å². The van der Waals surface area contributed by atoms with Crippen molar-refractivity contribution in [3.63, 3.8) is 0 Å². The molecule has 2 N–H and O–H groups in total. The first-order chi connectivity index (χ1) is 5.36. The number of imidazole rings is 1. The van der Waals surface area contributed by atoms with Gasteiger partial charge in [-0.2, -0.15) is 0 Å². The molecule has 11 heavy (non-hydrogen) atoms. The Bertz CT molecular complexity index is 337. The normalized spacial score (nSPS) is 10.2. The largest absolute Gasteiger partial charge is 0.493 e. The summed E-state index contributed by atoms with van der Waals surface area (Å²) in [5, 5.41) is 8.90. The molecular formula is C7H6N2O2. The molecule has 56 valence electrons. The summed E-state index contributed by atoms with van der Waals surface area (Å²) in [5.41, 5.74) is 0.824. The lowest BCUT2D eigenvalue weighted by molar-refractivity contribution is 0.457. The highest BCUT2D eigenvalue weighted by molar-refractivity contribution is 5.53. The van der Waals surface area contributed by atoms with Crippen LogP contribution >= 0.6 is 0 Å². The van der Waals surface area contributed by atoms with Gasteiger partial charge in [0.2, 0.25) is 5.88 Å². The summed E-state index contributed by atoms with van der Waals surface area (Å²) in [6.45, 7) is 0. The van der Waals surface area contributed by atoms with E-state index in [1.54, 1.807) is 18.6 Å². The Balaban J connectivity index is 2.45. The predicted octanol–water partition coefficient (Wildman–Crippen LogP) is 1.38. The summed E-state index contributed by atoms with van der Waals surface area (Å²) >= 11 is 0. The molecule has 0 fully saturated rings. The minimum absolute atomic E-state index is 0.0567. The van der Waals surface area contributed by atoms with Gasteiger partial charge in [-0.1, -0.05) is 0 Å². The third-order valence-corrected chi connectivity index (χ3v) is 1.36. The molecule has 2 rings (SSSR count). The van der Waals surface area contributed by atoms with Gasteiger partial charge >= 0.3 is 0 Å². The molecule has 4 heteroatoms. The minimum atomic E-state index is 0.0567. The van der Waals surface area contributed by atoms with E-state index < -0.39 is 0 Å². The molecule has 0 spiro atoms. The number of nitrogens with zero attached hydrogens (tertiary/aromatic N) is 1. The first kappa shape index (κ1) is 6.03. The fraction of sp³-hybridized carbons (Fsp3) is 0. The highest BCUT2D eigenvalue weighted by atomic mass is 16.3. The van der Waals surface area contributed by atoms with Gasteiger partial charge in [0.25, 0.3) is 0 Å². The summed E-state index contributed by atoms with van der Waals surface area (Å²) in [7, 11) is 0. The molecule has 0 aliphatic heterocycles. The summed E-state index contributed by atoms with van der Waals surface area (Å²) in [5.74, 6) is 0.664. The van der Waals surface area contributed by atoms with Crippen LogP contribution in [0.25, 0.3) is 11.4 Å². The number of furan rings is 1. The molecule has 0 aliphatic carbocycles. The zero-order valence-corrected chi connectivity index (χ0v) is 5.61. The number of hydrogen-bond donors (Lipinski definition) is 2. The van der Waals surface area contributed by atoms with E-state index >= 15 is 0 Å². The van der Waals surface area contributed by atoms with Crippen molar-refractivity contribution in [1.82, 2.24) is 9.97 Å². The van der Waals surface area contributed by atoms with Crippen molar-refractivity contribution in [2.75, 3.05) is 0 Å². The third-order valence-electron chi connectivity index (χ3n) is 1.36. The van der Waals surface area contributed by atoms with E-state index in [0.717, 1.165) is 5.56 Å². The Morgan fingerprint density at radius 3 is 3.00 bits per heavy atom. The topological polar surface area (TPSA) is 62.1 Å². The molecule has 0 aliphatic rings. The van der Waals surface area contributed by atoms with Gasteiger partial charge in [0.1, 0.15) is 12.1 Å². The highest BCUT2D eigenvalue weighted by Gasteiger charge is 2.01. The van der Waals surface area contributed by atoms with E-state index in [1.807, 2.05) is 0 Å².